The Kier molecular flexibility index (Phi) is 3.39. The molecule has 0 aromatic heterocycles. The van der Waals surface area contributed by atoms with E-state index in [1.807, 2.05) is 0 Å². The van der Waals surface area contributed by atoms with E-state index in [1.54, 1.807) is 0 Å². The Morgan fingerprint density at radius 2 is 0.786 bits per heavy atom. The van der Waals surface area contributed by atoms with Crippen molar-refractivity contribution in [2.24, 2.45) is 0 Å². The van der Waals surface area contributed by atoms with E-state index in [4.69, 9.17) is 0 Å². The third-order valence-electron chi connectivity index (χ3n) is 5.82. The molecule has 0 nitrogen and oxygen atoms in total. The second kappa shape index (κ2) is 6.07. The van der Waals surface area contributed by atoms with Gasteiger partial charge in [0.1, 0.15) is 0 Å². The normalized spacial score (nSPS) is 24.4. The molecule has 0 unspecified atom stereocenters. The summed E-state index contributed by atoms with van der Waals surface area (Å²) in [5.74, 6) is 2.70. The molecular formula is C28H18. The van der Waals surface area contributed by atoms with Crippen LogP contribution in [0.15, 0.2) is 154 Å². The van der Waals surface area contributed by atoms with E-state index < -0.39 is 0 Å². The van der Waals surface area contributed by atoms with Crippen LogP contribution in [0, 0.1) is 11.8 Å². The molecule has 0 heteroatoms. The Morgan fingerprint density at radius 3 is 1.25 bits per heavy atom. The summed E-state index contributed by atoms with van der Waals surface area (Å²) < 4.78 is 0. The summed E-state index contributed by atoms with van der Waals surface area (Å²) in [7, 11) is 0. The van der Waals surface area contributed by atoms with Crippen LogP contribution in [0.5, 0.6) is 0 Å². The third-order valence-corrected chi connectivity index (χ3v) is 5.82. The Morgan fingerprint density at radius 1 is 0.393 bits per heavy atom. The van der Waals surface area contributed by atoms with Crippen molar-refractivity contribution in [3.63, 3.8) is 0 Å². The minimum Gasteiger partial charge on any atom is -0.0616 e. The molecular weight excluding hydrogens is 336 g/mol. The lowest BCUT2D eigenvalue weighted by Crippen LogP contribution is -2.15. The molecule has 0 atom stereocenters. The van der Waals surface area contributed by atoms with Crippen LogP contribution in [-0.4, -0.2) is 0 Å². The average Bonchev–Trinajstić information content (AvgIpc) is 2.75. The summed E-state index contributed by atoms with van der Waals surface area (Å²) in [4.78, 5) is 0. The summed E-state index contributed by atoms with van der Waals surface area (Å²) in [6.07, 6.45) is 39.6. The Bertz CT molecular complexity index is 1090. The molecule has 0 heterocycles. The van der Waals surface area contributed by atoms with Gasteiger partial charge in [-0.05, 0) is 44.6 Å². The van der Waals surface area contributed by atoms with Crippen molar-refractivity contribution >= 4 is 0 Å². The third kappa shape index (κ3) is 2.31. The molecule has 0 aromatic rings. The molecule has 28 heavy (non-hydrogen) atoms. The maximum Gasteiger partial charge on any atom is 0.0635 e. The minimum absolute atomic E-state index is 1.26. The number of allylic oxidation sites excluding steroid dienone is 26. The van der Waals surface area contributed by atoms with E-state index in [1.165, 1.54) is 56.4 Å². The van der Waals surface area contributed by atoms with Crippen LogP contribution in [0.25, 0.3) is 0 Å². The van der Waals surface area contributed by atoms with Crippen LogP contribution in [-0.2, 0) is 0 Å². The summed E-state index contributed by atoms with van der Waals surface area (Å²) in [6, 6.07) is 0. The van der Waals surface area contributed by atoms with Gasteiger partial charge < -0.3 is 0 Å². The van der Waals surface area contributed by atoms with E-state index in [0.29, 0.717) is 0 Å². The molecule has 0 bridgehead atoms. The van der Waals surface area contributed by atoms with Gasteiger partial charge in [-0.3, -0.25) is 0 Å². The fraction of sp³-hybridized carbons (Fsp3) is 0. The van der Waals surface area contributed by atoms with Gasteiger partial charge in [-0.25, -0.2) is 0 Å². The van der Waals surface area contributed by atoms with E-state index in [2.05, 4.69) is 109 Å². The lowest BCUT2D eigenvalue weighted by atomic mass is 9.72. The molecule has 0 N–H and O–H groups in total. The Balaban J connectivity index is 1.38. The SMILES string of the molecule is C1=CC2=CC=CC3=CC=C(/C=C/C4=CC=C5C=CC=C6C=CC=C4[C]65)C(=C1)[C]23. The van der Waals surface area contributed by atoms with Crippen LogP contribution in [0.3, 0.4) is 0 Å². The first kappa shape index (κ1) is 15.7. The first-order chi connectivity index (χ1) is 13.9. The predicted octanol–water partition coefficient (Wildman–Crippen LogP) is 6.41. The standard InChI is InChI=1S/C28H18/c1-5-21-9-3-11-25-19(15-17-23(7-1)27(21)25)13-14-20-16-18-24-8-2-6-22-10-4-12-26(20)28(22)24/h1-18H/b14-13+. The highest BCUT2D eigenvalue weighted by Gasteiger charge is 2.30. The van der Waals surface area contributed by atoms with Crippen molar-refractivity contribution in [3.8, 4) is 0 Å². The van der Waals surface area contributed by atoms with Crippen LogP contribution >= 0.6 is 0 Å². The van der Waals surface area contributed by atoms with Gasteiger partial charge in [-0.15, -0.1) is 0 Å². The number of hydrogen-bond donors (Lipinski definition) is 0. The van der Waals surface area contributed by atoms with Gasteiger partial charge in [0.15, 0.2) is 0 Å². The van der Waals surface area contributed by atoms with Gasteiger partial charge in [-0.2, -0.15) is 0 Å². The molecule has 130 valence electrons. The molecule has 0 aliphatic heterocycles. The smallest absolute Gasteiger partial charge is 0.0616 e. The van der Waals surface area contributed by atoms with Crippen molar-refractivity contribution in [1.82, 2.24) is 0 Å². The first-order valence-corrected chi connectivity index (χ1v) is 9.71. The van der Waals surface area contributed by atoms with Crippen molar-refractivity contribution in [2.75, 3.05) is 0 Å². The zero-order valence-corrected chi connectivity index (χ0v) is 15.4. The molecule has 0 fully saturated rings. The van der Waals surface area contributed by atoms with Crippen molar-refractivity contribution in [1.29, 1.82) is 0 Å². The predicted molar refractivity (Wildman–Crippen MR) is 117 cm³/mol. The second-order valence-electron chi connectivity index (χ2n) is 7.41. The van der Waals surface area contributed by atoms with Gasteiger partial charge in [0.25, 0.3) is 0 Å². The average molecular weight is 354 g/mol. The fourth-order valence-corrected chi connectivity index (χ4v) is 4.51. The van der Waals surface area contributed by atoms with E-state index in [-0.39, 0.29) is 0 Å². The Hall–Kier alpha value is -3.38. The van der Waals surface area contributed by atoms with Gasteiger partial charge >= 0.3 is 0 Å². The van der Waals surface area contributed by atoms with Crippen molar-refractivity contribution in [2.45, 2.75) is 0 Å². The maximum absolute atomic E-state index is 2.26. The van der Waals surface area contributed by atoms with Crippen LogP contribution in [0.1, 0.15) is 0 Å². The summed E-state index contributed by atoms with van der Waals surface area (Å²) in [5, 5.41) is 0. The van der Waals surface area contributed by atoms with Crippen LogP contribution in [0.2, 0.25) is 0 Å². The largest absolute Gasteiger partial charge is 0.0635 e. The first-order valence-electron chi connectivity index (χ1n) is 9.71. The van der Waals surface area contributed by atoms with Gasteiger partial charge in [0.05, 0.1) is 11.8 Å². The zero-order chi connectivity index (χ0) is 18.5. The maximum atomic E-state index is 2.26. The highest BCUT2D eigenvalue weighted by Crippen LogP contribution is 2.45. The van der Waals surface area contributed by atoms with Crippen molar-refractivity contribution in [3.05, 3.63) is 166 Å². The number of hydrogen-bond acceptors (Lipinski definition) is 0. The highest BCUT2D eigenvalue weighted by atomic mass is 14.3. The monoisotopic (exact) mass is 354 g/mol. The van der Waals surface area contributed by atoms with Gasteiger partial charge in [0, 0.05) is 0 Å². The quantitative estimate of drug-likeness (QED) is 0.537. The molecule has 6 rings (SSSR count). The molecule has 0 saturated carbocycles. The van der Waals surface area contributed by atoms with Crippen LogP contribution in [0.4, 0.5) is 0 Å². The van der Waals surface area contributed by atoms with Gasteiger partial charge in [-0.1, -0.05) is 109 Å². The van der Waals surface area contributed by atoms with E-state index >= 15 is 0 Å². The van der Waals surface area contributed by atoms with Gasteiger partial charge in [0.2, 0.25) is 0 Å². The molecule has 6 aliphatic rings. The van der Waals surface area contributed by atoms with Crippen molar-refractivity contribution < 1.29 is 0 Å². The Labute approximate surface area is 166 Å². The molecule has 6 aliphatic carbocycles. The molecule has 0 aromatic carbocycles. The lowest BCUT2D eigenvalue weighted by molar-refractivity contribution is 1.15. The molecule has 0 spiro atoms. The summed E-state index contributed by atoms with van der Waals surface area (Å²) in [6.45, 7) is 0. The summed E-state index contributed by atoms with van der Waals surface area (Å²) in [5.41, 5.74) is 10.3. The number of rotatable bonds is 2. The van der Waals surface area contributed by atoms with E-state index in [9.17, 15) is 0 Å². The molecule has 0 amide bonds. The minimum atomic E-state index is 1.26. The fourth-order valence-electron chi connectivity index (χ4n) is 4.51. The topological polar surface area (TPSA) is 0 Å². The second-order valence-corrected chi connectivity index (χ2v) is 7.41. The van der Waals surface area contributed by atoms with E-state index in [0.717, 1.165) is 0 Å². The zero-order valence-electron chi connectivity index (χ0n) is 15.4. The lowest BCUT2D eigenvalue weighted by Gasteiger charge is -2.31. The highest BCUT2D eigenvalue weighted by molar-refractivity contribution is 5.77. The van der Waals surface area contributed by atoms with Crippen LogP contribution < -0.4 is 0 Å². The molecule has 2 radical (unpaired) electrons. The summed E-state index contributed by atoms with van der Waals surface area (Å²) >= 11 is 0. The molecule has 0 saturated heterocycles.